The standard InChI is InChI=1S/C21H19ClN2/c1-2-12-24-20-14-17(22)10-11-19(20)23-21(24)13-16-8-5-7-15-6-3-4-9-18(15)16/h3-11,14H,2,12-13H2,1H3. The topological polar surface area (TPSA) is 17.8 Å². The fraction of sp³-hybridized carbons (Fsp3) is 0.190. The molecular weight excluding hydrogens is 316 g/mol. The molecule has 0 aliphatic rings. The van der Waals surface area contributed by atoms with E-state index in [9.17, 15) is 0 Å². The lowest BCUT2D eigenvalue weighted by atomic mass is 10.0. The predicted molar refractivity (Wildman–Crippen MR) is 102 cm³/mol. The lowest BCUT2D eigenvalue weighted by Crippen LogP contribution is -2.04. The molecule has 1 aromatic heterocycles. The van der Waals surface area contributed by atoms with E-state index in [4.69, 9.17) is 16.6 Å². The van der Waals surface area contributed by atoms with Crippen LogP contribution in [-0.2, 0) is 13.0 Å². The third kappa shape index (κ3) is 2.67. The summed E-state index contributed by atoms with van der Waals surface area (Å²) < 4.78 is 2.31. The first-order chi connectivity index (χ1) is 11.8. The van der Waals surface area contributed by atoms with E-state index in [0.29, 0.717) is 0 Å². The van der Waals surface area contributed by atoms with Gasteiger partial charge in [0.05, 0.1) is 11.0 Å². The van der Waals surface area contributed by atoms with Crippen molar-refractivity contribution < 1.29 is 0 Å². The van der Waals surface area contributed by atoms with Gasteiger partial charge in [-0.2, -0.15) is 0 Å². The van der Waals surface area contributed by atoms with Gasteiger partial charge in [0.25, 0.3) is 0 Å². The highest BCUT2D eigenvalue weighted by atomic mass is 35.5. The molecule has 0 radical (unpaired) electrons. The number of hydrogen-bond donors (Lipinski definition) is 0. The average molecular weight is 335 g/mol. The normalized spacial score (nSPS) is 11.4. The summed E-state index contributed by atoms with van der Waals surface area (Å²) in [6.07, 6.45) is 1.90. The van der Waals surface area contributed by atoms with Gasteiger partial charge < -0.3 is 4.57 Å². The Kier molecular flexibility index (Phi) is 3.99. The number of fused-ring (bicyclic) bond motifs is 2. The van der Waals surface area contributed by atoms with E-state index in [1.807, 2.05) is 18.2 Å². The summed E-state index contributed by atoms with van der Waals surface area (Å²) in [4.78, 5) is 4.88. The van der Waals surface area contributed by atoms with Gasteiger partial charge in [0.15, 0.2) is 0 Å². The van der Waals surface area contributed by atoms with E-state index in [1.54, 1.807) is 0 Å². The summed E-state index contributed by atoms with van der Waals surface area (Å²) in [5.41, 5.74) is 3.45. The molecule has 3 aromatic carbocycles. The number of halogens is 1. The molecule has 0 aliphatic heterocycles. The minimum atomic E-state index is 0.761. The van der Waals surface area contributed by atoms with Gasteiger partial charge in [-0.25, -0.2) is 4.98 Å². The average Bonchev–Trinajstić information content (AvgIpc) is 2.93. The first-order valence-corrected chi connectivity index (χ1v) is 8.75. The quantitative estimate of drug-likeness (QED) is 0.458. The fourth-order valence-corrected chi connectivity index (χ4v) is 3.54. The maximum atomic E-state index is 6.20. The number of nitrogens with zero attached hydrogens (tertiary/aromatic N) is 2. The van der Waals surface area contributed by atoms with E-state index in [1.165, 1.54) is 16.3 Å². The molecule has 0 saturated heterocycles. The van der Waals surface area contributed by atoms with Crippen LogP contribution in [0.4, 0.5) is 0 Å². The molecule has 24 heavy (non-hydrogen) atoms. The Bertz CT molecular complexity index is 1010. The second-order valence-corrected chi connectivity index (χ2v) is 6.56. The molecule has 4 rings (SSSR count). The summed E-state index contributed by atoms with van der Waals surface area (Å²) in [5.74, 6) is 1.10. The van der Waals surface area contributed by atoms with E-state index in [2.05, 4.69) is 54.0 Å². The Morgan fingerprint density at radius 2 is 1.83 bits per heavy atom. The van der Waals surface area contributed by atoms with Crippen LogP contribution in [0.15, 0.2) is 60.7 Å². The van der Waals surface area contributed by atoms with Crippen LogP contribution in [0.2, 0.25) is 5.02 Å². The van der Waals surface area contributed by atoms with Crippen molar-refractivity contribution in [2.75, 3.05) is 0 Å². The lowest BCUT2D eigenvalue weighted by Gasteiger charge is -2.10. The van der Waals surface area contributed by atoms with Gasteiger partial charge >= 0.3 is 0 Å². The van der Waals surface area contributed by atoms with Crippen LogP contribution in [0.25, 0.3) is 21.8 Å². The Balaban J connectivity index is 1.85. The van der Waals surface area contributed by atoms with Crippen LogP contribution in [-0.4, -0.2) is 9.55 Å². The molecule has 0 N–H and O–H groups in total. The van der Waals surface area contributed by atoms with Gasteiger partial charge in [0, 0.05) is 18.0 Å². The number of aryl methyl sites for hydroxylation is 1. The van der Waals surface area contributed by atoms with E-state index in [-0.39, 0.29) is 0 Å². The van der Waals surface area contributed by atoms with Crippen molar-refractivity contribution in [3.05, 3.63) is 77.1 Å². The maximum absolute atomic E-state index is 6.20. The summed E-state index contributed by atoms with van der Waals surface area (Å²) in [5, 5.41) is 3.33. The molecule has 3 heteroatoms. The Morgan fingerprint density at radius 3 is 2.71 bits per heavy atom. The highest BCUT2D eigenvalue weighted by molar-refractivity contribution is 6.31. The Morgan fingerprint density at radius 1 is 1.00 bits per heavy atom. The molecule has 1 heterocycles. The number of aromatic nitrogens is 2. The molecule has 0 spiro atoms. The highest BCUT2D eigenvalue weighted by Gasteiger charge is 2.12. The summed E-state index contributed by atoms with van der Waals surface area (Å²) >= 11 is 6.20. The molecule has 120 valence electrons. The summed E-state index contributed by atoms with van der Waals surface area (Å²) in [6.45, 7) is 3.15. The van der Waals surface area contributed by atoms with Crippen LogP contribution in [0.1, 0.15) is 24.7 Å². The fourth-order valence-electron chi connectivity index (χ4n) is 3.37. The number of imidazole rings is 1. The van der Waals surface area contributed by atoms with Crippen LogP contribution in [0.3, 0.4) is 0 Å². The second-order valence-electron chi connectivity index (χ2n) is 6.13. The third-order valence-corrected chi connectivity index (χ3v) is 4.70. The van der Waals surface area contributed by atoms with Gasteiger partial charge in [0.2, 0.25) is 0 Å². The van der Waals surface area contributed by atoms with Gasteiger partial charge in [0.1, 0.15) is 5.82 Å². The van der Waals surface area contributed by atoms with Crippen molar-refractivity contribution in [3.8, 4) is 0 Å². The monoisotopic (exact) mass is 334 g/mol. The van der Waals surface area contributed by atoms with E-state index < -0.39 is 0 Å². The molecule has 0 atom stereocenters. The third-order valence-electron chi connectivity index (χ3n) is 4.47. The van der Waals surface area contributed by atoms with E-state index in [0.717, 1.165) is 41.3 Å². The van der Waals surface area contributed by atoms with Gasteiger partial charge in [-0.1, -0.05) is 61.0 Å². The van der Waals surface area contributed by atoms with Crippen molar-refractivity contribution in [1.29, 1.82) is 0 Å². The molecule has 2 nitrogen and oxygen atoms in total. The van der Waals surface area contributed by atoms with Crippen LogP contribution in [0, 0.1) is 0 Å². The van der Waals surface area contributed by atoms with E-state index >= 15 is 0 Å². The largest absolute Gasteiger partial charge is 0.328 e. The van der Waals surface area contributed by atoms with Crippen molar-refractivity contribution >= 4 is 33.4 Å². The molecule has 0 amide bonds. The highest BCUT2D eigenvalue weighted by Crippen LogP contribution is 2.25. The van der Waals surface area contributed by atoms with Crippen molar-refractivity contribution in [1.82, 2.24) is 9.55 Å². The lowest BCUT2D eigenvalue weighted by molar-refractivity contribution is 0.665. The number of benzene rings is 3. The first-order valence-electron chi connectivity index (χ1n) is 8.37. The zero-order valence-electron chi connectivity index (χ0n) is 13.7. The molecule has 4 aromatic rings. The van der Waals surface area contributed by atoms with Crippen molar-refractivity contribution in [3.63, 3.8) is 0 Å². The van der Waals surface area contributed by atoms with Crippen LogP contribution < -0.4 is 0 Å². The SMILES string of the molecule is CCCn1c(Cc2cccc3ccccc23)nc2ccc(Cl)cc21. The zero-order valence-corrected chi connectivity index (χ0v) is 14.4. The van der Waals surface area contributed by atoms with Crippen molar-refractivity contribution in [2.24, 2.45) is 0 Å². The van der Waals surface area contributed by atoms with Crippen molar-refractivity contribution in [2.45, 2.75) is 26.3 Å². The number of hydrogen-bond acceptors (Lipinski definition) is 1. The van der Waals surface area contributed by atoms with Crippen LogP contribution in [0.5, 0.6) is 0 Å². The van der Waals surface area contributed by atoms with Crippen LogP contribution >= 0.6 is 11.6 Å². The first kappa shape index (κ1) is 15.2. The van der Waals surface area contributed by atoms with Gasteiger partial charge in [-0.3, -0.25) is 0 Å². The summed E-state index contributed by atoms with van der Waals surface area (Å²) in [6, 6.07) is 21.0. The molecule has 0 fully saturated rings. The predicted octanol–water partition coefficient (Wildman–Crippen LogP) is 5.84. The molecule has 0 bridgehead atoms. The van der Waals surface area contributed by atoms with Gasteiger partial charge in [-0.15, -0.1) is 0 Å². The Labute approximate surface area is 146 Å². The molecular formula is C21H19ClN2. The molecule has 0 unspecified atom stereocenters. The maximum Gasteiger partial charge on any atom is 0.114 e. The molecule has 0 saturated carbocycles. The smallest absolute Gasteiger partial charge is 0.114 e. The number of rotatable bonds is 4. The summed E-state index contributed by atoms with van der Waals surface area (Å²) in [7, 11) is 0. The minimum absolute atomic E-state index is 0.761. The minimum Gasteiger partial charge on any atom is -0.328 e. The molecule has 0 aliphatic carbocycles. The van der Waals surface area contributed by atoms with Gasteiger partial charge in [-0.05, 0) is 41.0 Å². The second kappa shape index (κ2) is 6.29. The Hall–Kier alpha value is -2.32. The zero-order chi connectivity index (χ0) is 16.5.